The van der Waals surface area contributed by atoms with Gasteiger partial charge < -0.3 is 8.98 Å². The lowest BCUT2D eigenvalue weighted by Gasteiger charge is -2.09. The van der Waals surface area contributed by atoms with Crippen LogP contribution in [-0.4, -0.2) is 14.0 Å². The smallest absolute Gasteiger partial charge is 0.231 e. The fourth-order valence-electron chi connectivity index (χ4n) is 5.25. The molecule has 34 heavy (non-hydrogen) atoms. The molecule has 0 saturated carbocycles. The quantitative estimate of drug-likeness (QED) is 0.299. The van der Waals surface area contributed by atoms with Gasteiger partial charge in [-0.1, -0.05) is 42.5 Å². The van der Waals surface area contributed by atoms with Crippen molar-refractivity contribution in [2.24, 2.45) is 14.1 Å². The molecule has 0 aliphatic rings. The summed E-state index contributed by atoms with van der Waals surface area (Å²) in [7, 11) is 4.20. The maximum Gasteiger partial charge on any atom is 0.231 e. The van der Waals surface area contributed by atoms with Crippen LogP contribution >= 0.6 is 0 Å². The molecule has 5 nitrogen and oxygen atoms in total. The Balaban J connectivity index is 1.49. The summed E-state index contributed by atoms with van der Waals surface area (Å²) in [6.07, 6.45) is 2.18. The van der Waals surface area contributed by atoms with Crippen LogP contribution in [0.5, 0.6) is 0 Å². The Morgan fingerprint density at radius 2 is 1.62 bits per heavy atom. The molecule has 164 valence electrons. The molecule has 7 aromatic rings. The molecule has 0 N–H and O–H groups in total. The largest absolute Gasteiger partial charge is 0.455 e. The van der Waals surface area contributed by atoms with Gasteiger partial charge in [-0.3, -0.25) is 4.40 Å². The second kappa shape index (κ2) is 6.81. The molecule has 4 heterocycles. The molecule has 0 bridgehead atoms. The molecule has 0 spiro atoms. The maximum absolute atomic E-state index is 6.39. The molecule has 0 radical (unpaired) electrons. The molecule has 7 rings (SSSR count). The van der Waals surface area contributed by atoms with Gasteiger partial charge in [-0.05, 0) is 36.8 Å². The lowest BCUT2D eigenvalue weighted by atomic mass is 10.00. The van der Waals surface area contributed by atoms with E-state index in [-0.39, 0.29) is 0 Å². The number of fused-ring (bicyclic) bond motifs is 6. The third kappa shape index (κ3) is 2.49. The highest BCUT2D eigenvalue weighted by Crippen LogP contribution is 2.37. The van der Waals surface area contributed by atoms with Crippen molar-refractivity contribution >= 4 is 38.7 Å². The van der Waals surface area contributed by atoms with E-state index in [0.717, 1.165) is 61.4 Å². The van der Waals surface area contributed by atoms with Crippen LogP contribution in [0, 0.1) is 6.92 Å². The summed E-state index contributed by atoms with van der Waals surface area (Å²) in [5.74, 6) is 0.928. The first kappa shape index (κ1) is 19.1. The van der Waals surface area contributed by atoms with Crippen molar-refractivity contribution in [3.8, 4) is 22.6 Å². The first-order valence-electron chi connectivity index (χ1n) is 11.4. The minimum Gasteiger partial charge on any atom is -0.455 e. The molecule has 0 fully saturated rings. The van der Waals surface area contributed by atoms with Crippen LogP contribution in [0.2, 0.25) is 0 Å². The number of benzene rings is 3. The number of hydrogen-bond donors (Lipinski definition) is 0. The number of para-hydroxylation sites is 3. The number of hydrogen-bond acceptors (Lipinski definition) is 2. The Labute approximate surface area is 196 Å². The van der Waals surface area contributed by atoms with Gasteiger partial charge in [-0.2, -0.15) is 4.57 Å². The number of pyridine rings is 1. The highest BCUT2D eigenvalue weighted by atomic mass is 16.3. The van der Waals surface area contributed by atoms with Crippen LogP contribution in [0.25, 0.3) is 61.4 Å². The Bertz CT molecular complexity index is 1900. The first-order valence-corrected chi connectivity index (χ1v) is 11.4. The van der Waals surface area contributed by atoms with Crippen molar-refractivity contribution in [1.29, 1.82) is 0 Å². The topological polar surface area (TPSA) is 39.3 Å². The number of rotatable bonds is 2. The lowest BCUT2D eigenvalue weighted by molar-refractivity contribution is -0.649. The van der Waals surface area contributed by atoms with Gasteiger partial charge in [0.05, 0.1) is 16.6 Å². The number of aryl methyl sites for hydroxylation is 2. The van der Waals surface area contributed by atoms with Gasteiger partial charge in [-0.15, -0.1) is 0 Å². The molecule has 0 aliphatic carbocycles. The minimum absolute atomic E-state index is 0.915. The fourth-order valence-corrected chi connectivity index (χ4v) is 5.25. The fraction of sp³-hybridized carbons (Fsp3) is 0.103. The van der Waals surface area contributed by atoms with Crippen LogP contribution in [-0.2, 0) is 14.1 Å². The van der Waals surface area contributed by atoms with E-state index in [1.54, 1.807) is 0 Å². The van der Waals surface area contributed by atoms with E-state index in [1.807, 2.05) is 18.2 Å². The summed E-state index contributed by atoms with van der Waals surface area (Å²) in [6, 6.07) is 27.3. The van der Waals surface area contributed by atoms with Crippen molar-refractivity contribution in [3.05, 3.63) is 90.6 Å². The molecular formula is C29H23N4O+. The monoisotopic (exact) mass is 443 g/mol. The summed E-state index contributed by atoms with van der Waals surface area (Å²) < 4.78 is 13.0. The third-order valence-corrected chi connectivity index (χ3v) is 6.99. The van der Waals surface area contributed by atoms with Crippen molar-refractivity contribution in [1.82, 2.24) is 14.0 Å². The van der Waals surface area contributed by atoms with Crippen molar-refractivity contribution < 1.29 is 8.98 Å². The average Bonchev–Trinajstić information content (AvgIpc) is 3.50. The van der Waals surface area contributed by atoms with Crippen LogP contribution in [0.1, 0.15) is 5.56 Å². The van der Waals surface area contributed by atoms with E-state index in [1.165, 1.54) is 5.56 Å². The zero-order valence-electron chi connectivity index (χ0n) is 19.3. The Morgan fingerprint density at radius 3 is 2.53 bits per heavy atom. The number of nitrogens with zero attached hydrogens (tertiary/aromatic N) is 4. The summed E-state index contributed by atoms with van der Waals surface area (Å²) in [4.78, 5) is 4.85. The van der Waals surface area contributed by atoms with Crippen molar-refractivity contribution in [2.45, 2.75) is 6.92 Å². The molecule has 0 saturated heterocycles. The summed E-state index contributed by atoms with van der Waals surface area (Å²) in [5, 5.41) is 2.29. The van der Waals surface area contributed by atoms with E-state index in [4.69, 9.17) is 9.40 Å². The molecule has 0 atom stereocenters. The van der Waals surface area contributed by atoms with E-state index < -0.39 is 0 Å². The van der Waals surface area contributed by atoms with Crippen LogP contribution < -0.4 is 4.57 Å². The average molecular weight is 444 g/mol. The van der Waals surface area contributed by atoms with Gasteiger partial charge in [0.1, 0.15) is 23.9 Å². The SMILES string of the molecule is Cc1ccc2c(oc3ccccc32)c1-c1cccc(-c2cn3c4ccccc4nc3n2C)[n+]1C. The molecule has 0 aliphatic heterocycles. The van der Waals surface area contributed by atoms with Crippen LogP contribution in [0.3, 0.4) is 0 Å². The lowest BCUT2D eigenvalue weighted by Crippen LogP contribution is -2.34. The zero-order valence-corrected chi connectivity index (χ0v) is 19.3. The molecule has 3 aromatic carbocycles. The zero-order chi connectivity index (χ0) is 23.0. The van der Waals surface area contributed by atoms with Gasteiger partial charge >= 0.3 is 0 Å². The van der Waals surface area contributed by atoms with Gasteiger partial charge in [0.15, 0.2) is 0 Å². The predicted octanol–water partition coefficient (Wildman–Crippen LogP) is 6.19. The predicted molar refractivity (Wildman–Crippen MR) is 136 cm³/mol. The van der Waals surface area contributed by atoms with Gasteiger partial charge in [-0.25, -0.2) is 4.98 Å². The molecule has 4 aromatic heterocycles. The minimum atomic E-state index is 0.915. The molecule has 0 amide bonds. The van der Waals surface area contributed by atoms with Gasteiger partial charge in [0, 0.05) is 36.1 Å². The van der Waals surface area contributed by atoms with Crippen LogP contribution in [0.15, 0.2) is 89.5 Å². The van der Waals surface area contributed by atoms with Crippen LogP contribution in [0.4, 0.5) is 0 Å². The van der Waals surface area contributed by atoms with Crippen molar-refractivity contribution in [3.63, 3.8) is 0 Å². The second-order valence-electron chi connectivity index (χ2n) is 8.93. The Kier molecular flexibility index (Phi) is 3.83. The Hall–Kier alpha value is -4.38. The van der Waals surface area contributed by atoms with Crippen molar-refractivity contribution in [2.75, 3.05) is 0 Å². The summed E-state index contributed by atoms with van der Waals surface area (Å²) in [6.45, 7) is 2.15. The second-order valence-corrected chi connectivity index (χ2v) is 8.93. The highest BCUT2D eigenvalue weighted by Gasteiger charge is 2.25. The molecule has 5 heteroatoms. The number of furan rings is 1. The number of aromatic nitrogens is 4. The maximum atomic E-state index is 6.39. The van der Waals surface area contributed by atoms with E-state index in [9.17, 15) is 0 Å². The normalized spacial score (nSPS) is 12.0. The Morgan fingerprint density at radius 1 is 0.824 bits per heavy atom. The summed E-state index contributed by atoms with van der Waals surface area (Å²) in [5.41, 5.74) is 9.61. The van der Waals surface area contributed by atoms with E-state index in [0.29, 0.717) is 0 Å². The highest BCUT2D eigenvalue weighted by molar-refractivity contribution is 6.09. The van der Waals surface area contributed by atoms with E-state index >= 15 is 0 Å². The third-order valence-electron chi connectivity index (χ3n) is 6.99. The molecular weight excluding hydrogens is 420 g/mol. The molecule has 0 unspecified atom stereocenters. The van der Waals surface area contributed by atoms with Gasteiger partial charge in [0.25, 0.3) is 0 Å². The first-order chi connectivity index (χ1) is 16.6. The van der Waals surface area contributed by atoms with Gasteiger partial charge in [0.2, 0.25) is 17.2 Å². The number of imidazole rings is 2. The summed E-state index contributed by atoms with van der Waals surface area (Å²) >= 11 is 0. The van der Waals surface area contributed by atoms with E-state index in [2.05, 4.69) is 101 Å². The standard InChI is InChI=1S/C29H23N4O/c1-18-15-16-20-19-9-4-7-14-26(19)34-28(20)27(18)24-13-8-12-23(31(24)2)25-17-33-22-11-6-5-10-21(22)30-29(33)32(25)3/h4-17H,1-3H3/q+1.